The standard InChI is InChI=1S/C17H19F2N3O3/c1-12(23)5-2-3-9-22-10-8-15(21-22)20-17(24)25-11-13-6-4-7-14(18)16(13)19/h4,6-8,10H,2-3,5,9,11H2,1H3,(H,20,21,24). The van der Waals surface area contributed by atoms with E-state index in [1.54, 1.807) is 23.9 Å². The Morgan fingerprint density at radius 3 is 2.80 bits per heavy atom. The van der Waals surface area contributed by atoms with Gasteiger partial charge in [-0.3, -0.25) is 10.00 Å². The zero-order chi connectivity index (χ0) is 18.2. The van der Waals surface area contributed by atoms with Crippen LogP contribution < -0.4 is 5.32 Å². The third-order valence-electron chi connectivity index (χ3n) is 3.43. The molecule has 0 bridgehead atoms. The van der Waals surface area contributed by atoms with Crippen LogP contribution in [0.3, 0.4) is 0 Å². The van der Waals surface area contributed by atoms with Crippen molar-refractivity contribution in [2.75, 3.05) is 5.32 Å². The second kappa shape index (κ2) is 8.91. The number of anilines is 1. The Kier molecular flexibility index (Phi) is 6.62. The van der Waals surface area contributed by atoms with Gasteiger partial charge in [-0.25, -0.2) is 13.6 Å². The number of nitrogens with zero attached hydrogens (tertiary/aromatic N) is 2. The van der Waals surface area contributed by atoms with E-state index in [4.69, 9.17) is 4.74 Å². The van der Waals surface area contributed by atoms with Gasteiger partial charge in [0.2, 0.25) is 0 Å². The third-order valence-corrected chi connectivity index (χ3v) is 3.43. The van der Waals surface area contributed by atoms with Gasteiger partial charge in [-0.05, 0) is 25.8 Å². The van der Waals surface area contributed by atoms with Crippen molar-refractivity contribution in [3.63, 3.8) is 0 Å². The fourth-order valence-corrected chi connectivity index (χ4v) is 2.14. The first kappa shape index (κ1) is 18.6. The van der Waals surface area contributed by atoms with Gasteiger partial charge in [0.15, 0.2) is 17.5 Å². The summed E-state index contributed by atoms with van der Waals surface area (Å²) >= 11 is 0. The molecule has 1 aromatic heterocycles. The van der Waals surface area contributed by atoms with E-state index in [-0.39, 0.29) is 23.8 Å². The summed E-state index contributed by atoms with van der Waals surface area (Å²) in [6.07, 6.45) is 2.99. The fraction of sp³-hybridized carbons (Fsp3) is 0.353. The van der Waals surface area contributed by atoms with Crippen LogP contribution in [0.5, 0.6) is 0 Å². The van der Waals surface area contributed by atoms with Gasteiger partial charge in [0.25, 0.3) is 0 Å². The number of rotatable bonds is 8. The lowest BCUT2D eigenvalue weighted by Crippen LogP contribution is -2.15. The van der Waals surface area contributed by atoms with E-state index in [0.29, 0.717) is 13.0 Å². The zero-order valence-corrected chi connectivity index (χ0v) is 13.8. The molecule has 25 heavy (non-hydrogen) atoms. The van der Waals surface area contributed by atoms with Crippen molar-refractivity contribution in [2.45, 2.75) is 39.3 Å². The molecule has 0 atom stereocenters. The van der Waals surface area contributed by atoms with E-state index < -0.39 is 17.7 Å². The molecule has 2 rings (SSSR count). The smallest absolute Gasteiger partial charge is 0.413 e. The number of carbonyl (C=O) groups excluding carboxylic acids is 2. The highest BCUT2D eigenvalue weighted by atomic mass is 19.2. The Hall–Kier alpha value is -2.77. The monoisotopic (exact) mass is 351 g/mol. The number of hydrogen-bond donors (Lipinski definition) is 1. The lowest BCUT2D eigenvalue weighted by atomic mass is 10.2. The minimum absolute atomic E-state index is 0.0499. The second-order valence-electron chi connectivity index (χ2n) is 5.54. The first-order valence-corrected chi connectivity index (χ1v) is 7.85. The molecule has 0 fully saturated rings. The maximum atomic E-state index is 13.5. The maximum absolute atomic E-state index is 13.5. The van der Waals surface area contributed by atoms with E-state index >= 15 is 0 Å². The predicted molar refractivity (Wildman–Crippen MR) is 86.9 cm³/mol. The van der Waals surface area contributed by atoms with Gasteiger partial charge in [0.05, 0.1) is 0 Å². The van der Waals surface area contributed by atoms with Gasteiger partial charge in [-0.1, -0.05) is 12.1 Å². The molecule has 0 saturated carbocycles. The van der Waals surface area contributed by atoms with Crippen molar-refractivity contribution in [2.24, 2.45) is 0 Å². The van der Waals surface area contributed by atoms with Crippen LogP contribution in [-0.2, 0) is 22.7 Å². The highest BCUT2D eigenvalue weighted by Gasteiger charge is 2.11. The summed E-state index contributed by atoms with van der Waals surface area (Å²) in [5.74, 6) is -1.59. The van der Waals surface area contributed by atoms with Gasteiger partial charge >= 0.3 is 6.09 Å². The third kappa shape index (κ3) is 5.98. The fourth-order valence-electron chi connectivity index (χ4n) is 2.14. The maximum Gasteiger partial charge on any atom is 0.413 e. The van der Waals surface area contributed by atoms with Crippen LogP contribution in [0.4, 0.5) is 19.4 Å². The highest BCUT2D eigenvalue weighted by molar-refractivity contribution is 5.83. The van der Waals surface area contributed by atoms with Crippen molar-refractivity contribution in [3.8, 4) is 0 Å². The van der Waals surface area contributed by atoms with Crippen LogP contribution in [-0.4, -0.2) is 21.7 Å². The number of amides is 1. The molecule has 0 radical (unpaired) electrons. The van der Waals surface area contributed by atoms with E-state index in [2.05, 4.69) is 10.4 Å². The minimum Gasteiger partial charge on any atom is -0.444 e. The molecule has 1 N–H and O–H groups in total. The number of ketones is 1. The number of Topliss-reactive ketones (excluding diaryl/α,β-unsaturated/α-hetero) is 1. The number of aryl methyl sites for hydroxylation is 1. The summed E-state index contributed by atoms with van der Waals surface area (Å²) in [5.41, 5.74) is -0.0499. The highest BCUT2D eigenvalue weighted by Crippen LogP contribution is 2.13. The average molecular weight is 351 g/mol. The van der Waals surface area contributed by atoms with Crippen molar-refractivity contribution >= 4 is 17.7 Å². The largest absolute Gasteiger partial charge is 0.444 e. The van der Waals surface area contributed by atoms with E-state index in [1.807, 2.05) is 0 Å². The number of halogens is 2. The van der Waals surface area contributed by atoms with Crippen LogP contribution in [0.2, 0.25) is 0 Å². The Bertz CT molecular complexity index is 746. The molecular weight excluding hydrogens is 332 g/mol. The number of aromatic nitrogens is 2. The predicted octanol–water partition coefficient (Wildman–Crippen LogP) is 3.67. The second-order valence-corrected chi connectivity index (χ2v) is 5.54. The number of nitrogens with one attached hydrogen (secondary N) is 1. The van der Waals surface area contributed by atoms with Crippen LogP contribution in [0.15, 0.2) is 30.5 Å². The van der Waals surface area contributed by atoms with Crippen molar-refractivity contribution < 1.29 is 23.1 Å². The molecule has 8 heteroatoms. The number of hydrogen-bond acceptors (Lipinski definition) is 4. The van der Waals surface area contributed by atoms with Crippen LogP contribution in [0.25, 0.3) is 0 Å². The summed E-state index contributed by atoms with van der Waals surface area (Å²) in [7, 11) is 0. The number of unbranched alkanes of at least 4 members (excludes halogenated alkanes) is 1. The van der Waals surface area contributed by atoms with E-state index in [0.717, 1.165) is 18.9 Å². The number of benzene rings is 1. The zero-order valence-electron chi connectivity index (χ0n) is 13.8. The topological polar surface area (TPSA) is 73.2 Å². The molecule has 0 spiro atoms. The Morgan fingerprint density at radius 2 is 2.04 bits per heavy atom. The molecular formula is C17H19F2N3O3. The molecule has 0 saturated heterocycles. The van der Waals surface area contributed by atoms with Crippen LogP contribution in [0, 0.1) is 11.6 Å². The summed E-state index contributed by atoms with van der Waals surface area (Å²) < 4.78 is 33.0. The van der Waals surface area contributed by atoms with Gasteiger partial charge < -0.3 is 9.53 Å². The molecule has 1 aromatic carbocycles. The number of ether oxygens (including phenoxy) is 1. The minimum atomic E-state index is -1.04. The van der Waals surface area contributed by atoms with Gasteiger partial charge in [-0.2, -0.15) is 5.10 Å². The molecule has 0 aliphatic rings. The molecule has 1 amide bonds. The van der Waals surface area contributed by atoms with Gasteiger partial charge in [0, 0.05) is 30.8 Å². The molecule has 134 valence electrons. The molecule has 0 aliphatic carbocycles. The first-order valence-electron chi connectivity index (χ1n) is 7.85. The molecule has 0 unspecified atom stereocenters. The lowest BCUT2D eigenvalue weighted by Gasteiger charge is -2.06. The number of carbonyl (C=O) groups is 2. The molecule has 6 nitrogen and oxygen atoms in total. The van der Waals surface area contributed by atoms with Gasteiger partial charge in [0.1, 0.15) is 12.4 Å². The van der Waals surface area contributed by atoms with Crippen LogP contribution in [0.1, 0.15) is 31.7 Å². The summed E-state index contributed by atoms with van der Waals surface area (Å²) in [5, 5.41) is 6.55. The first-order chi connectivity index (χ1) is 12.0. The summed E-state index contributed by atoms with van der Waals surface area (Å²) in [4.78, 5) is 22.5. The Labute approximate surface area is 143 Å². The van der Waals surface area contributed by atoms with Gasteiger partial charge in [-0.15, -0.1) is 0 Å². The Balaban J connectivity index is 1.77. The lowest BCUT2D eigenvalue weighted by molar-refractivity contribution is -0.117. The summed E-state index contributed by atoms with van der Waals surface area (Å²) in [6.45, 7) is 1.79. The normalized spacial score (nSPS) is 10.5. The quantitative estimate of drug-likeness (QED) is 0.737. The van der Waals surface area contributed by atoms with Crippen molar-refractivity contribution in [1.29, 1.82) is 0 Å². The SMILES string of the molecule is CC(=O)CCCCn1ccc(NC(=O)OCc2cccc(F)c2F)n1. The molecule has 0 aliphatic heterocycles. The van der Waals surface area contributed by atoms with Crippen molar-refractivity contribution in [1.82, 2.24) is 9.78 Å². The van der Waals surface area contributed by atoms with Crippen molar-refractivity contribution in [3.05, 3.63) is 47.7 Å². The molecule has 1 heterocycles. The summed E-state index contributed by atoms with van der Waals surface area (Å²) in [6, 6.07) is 5.25. The molecule has 2 aromatic rings. The van der Waals surface area contributed by atoms with E-state index in [9.17, 15) is 18.4 Å². The van der Waals surface area contributed by atoms with E-state index in [1.165, 1.54) is 12.1 Å². The average Bonchev–Trinajstić information content (AvgIpc) is 3.00. The van der Waals surface area contributed by atoms with Crippen LogP contribution >= 0.6 is 0 Å². The Morgan fingerprint density at radius 1 is 1.24 bits per heavy atom.